The van der Waals surface area contributed by atoms with Gasteiger partial charge in [0.1, 0.15) is 5.75 Å². The Morgan fingerprint density at radius 3 is 2.81 bits per heavy atom. The molecule has 2 aliphatic rings. The summed E-state index contributed by atoms with van der Waals surface area (Å²) in [5.74, 6) is 1.45. The molecule has 0 spiro atoms. The first-order chi connectivity index (χ1) is 10.2. The Morgan fingerprint density at radius 1 is 1.38 bits per heavy atom. The minimum absolute atomic E-state index is 0.388. The van der Waals surface area contributed by atoms with E-state index in [4.69, 9.17) is 22.1 Å². The number of fused-ring (bicyclic) bond motifs is 1. The van der Waals surface area contributed by atoms with E-state index >= 15 is 0 Å². The van der Waals surface area contributed by atoms with E-state index in [0.717, 1.165) is 43.1 Å². The quantitative estimate of drug-likeness (QED) is 0.932. The van der Waals surface area contributed by atoms with Gasteiger partial charge in [0.05, 0.1) is 12.1 Å². The van der Waals surface area contributed by atoms with Crippen LogP contribution in [0.15, 0.2) is 6.07 Å². The highest BCUT2D eigenvalue weighted by Gasteiger charge is 2.35. The third-order valence-electron chi connectivity index (χ3n) is 5.10. The van der Waals surface area contributed by atoms with Crippen LogP contribution in [0.3, 0.4) is 0 Å². The number of rotatable bonds is 3. The van der Waals surface area contributed by atoms with E-state index in [2.05, 4.69) is 18.0 Å². The lowest BCUT2D eigenvalue weighted by molar-refractivity contribution is 0.300. The van der Waals surface area contributed by atoms with Gasteiger partial charge < -0.3 is 10.5 Å². The largest absolute Gasteiger partial charge is 0.495 e. The molecule has 0 amide bonds. The molecule has 2 atom stereocenters. The summed E-state index contributed by atoms with van der Waals surface area (Å²) in [6.45, 7) is 1.82. The van der Waals surface area contributed by atoms with Crippen LogP contribution in [0.5, 0.6) is 5.75 Å². The number of ether oxygens (including phenoxy) is 1. The van der Waals surface area contributed by atoms with E-state index in [0.29, 0.717) is 12.0 Å². The molecule has 116 valence electrons. The second-order valence-corrected chi connectivity index (χ2v) is 6.85. The van der Waals surface area contributed by atoms with Gasteiger partial charge in [0.25, 0.3) is 0 Å². The topological polar surface area (TPSA) is 38.5 Å². The van der Waals surface area contributed by atoms with Gasteiger partial charge in [-0.25, -0.2) is 0 Å². The number of likely N-dealkylation sites (tertiary alicyclic amines) is 1. The maximum atomic E-state index is 6.49. The number of benzene rings is 1. The van der Waals surface area contributed by atoms with Gasteiger partial charge in [0.15, 0.2) is 0 Å². The number of aryl methyl sites for hydroxylation is 1. The molecule has 21 heavy (non-hydrogen) atoms. The van der Waals surface area contributed by atoms with Crippen molar-refractivity contribution in [2.75, 3.05) is 27.2 Å². The number of nitrogens with two attached hydrogens (primary N) is 1. The maximum absolute atomic E-state index is 6.49. The first kappa shape index (κ1) is 15.1. The maximum Gasteiger partial charge on any atom is 0.142 e. The first-order valence-electron chi connectivity index (χ1n) is 7.94. The monoisotopic (exact) mass is 308 g/mol. The molecule has 1 heterocycles. The van der Waals surface area contributed by atoms with Gasteiger partial charge in [-0.3, -0.25) is 4.90 Å². The fraction of sp³-hybridized carbons (Fsp3) is 0.647. The molecule has 2 unspecified atom stereocenters. The number of hydrogen-bond acceptors (Lipinski definition) is 3. The molecule has 4 heteroatoms. The average molecular weight is 309 g/mol. The van der Waals surface area contributed by atoms with Crippen molar-refractivity contribution in [1.29, 1.82) is 0 Å². The Hall–Kier alpha value is -0.770. The minimum atomic E-state index is 0.388. The van der Waals surface area contributed by atoms with E-state index in [-0.39, 0.29) is 0 Å². The van der Waals surface area contributed by atoms with E-state index in [1.165, 1.54) is 29.5 Å². The third kappa shape index (κ3) is 2.67. The zero-order valence-corrected chi connectivity index (χ0v) is 13.7. The van der Waals surface area contributed by atoms with Crippen molar-refractivity contribution in [2.45, 2.75) is 38.1 Å². The van der Waals surface area contributed by atoms with E-state index in [1.807, 2.05) is 0 Å². The Balaban J connectivity index is 2.09. The summed E-state index contributed by atoms with van der Waals surface area (Å²) >= 11 is 6.49. The molecule has 3 rings (SSSR count). The predicted octanol–water partition coefficient (Wildman–Crippen LogP) is 3.18. The Bertz CT molecular complexity index is 532. The molecule has 0 saturated carbocycles. The van der Waals surface area contributed by atoms with Gasteiger partial charge in [-0.05, 0) is 68.8 Å². The average Bonchev–Trinajstić information content (AvgIpc) is 2.86. The number of methoxy groups -OCH3 is 1. The lowest BCUT2D eigenvalue weighted by atomic mass is 9.84. The fourth-order valence-electron chi connectivity index (χ4n) is 4.05. The fourth-order valence-corrected chi connectivity index (χ4v) is 4.36. The van der Waals surface area contributed by atoms with E-state index < -0.39 is 0 Å². The molecule has 1 aromatic rings. The van der Waals surface area contributed by atoms with E-state index in [1.54, 1.807) is 7.11 Å². The first-order valence-corrected chi connectivity index (χ1v) is 8.32. The molecule has 1 fully saturated rings. The van der Waals surface area contributed by atoms with Crippen LogP contribution >= 0.6 is 11.6 Å². The molecular weight excluding hydrogens is 284 g/mol. The second kappa shape index (κ2) is 6.15. The van der Waals surface area contributed by atoms with E-state index in [9.17, 15) is 0 Å². The van der Waals surface area contributed by atoms with Gasteiger partial charge in [-0.15, -0.1) is 0 Å². The van der Waals surface area contributed by atoms with Crippen molar-refractivity contribution in [2.24, 2.45) is 11.7 Å². The summed E-state index contributed by atoms with van der Waals surface area (Å²) in [5.41, 5.74) is 10.1. The van der Waals surface area contributed by atoms with Crippen LogP contribution in [0.2, 0.25) is 5.02 Å². The van der Waals surface area contributed by atoms with Crippen molar-refractivity contribution < 1.29 is 4.74 Å². The predicted molar refractivity (Wildman–Crippen MR) is 87.2 cm³/mol. The van der Waals surface area contributed by atoms with Gasteiger partial charge in [0, 0.05) is 18.2 Å². The summed E-state index contributed by atoms with van der Waals surface area (Å²) in [6.07, 6.45) is 5.93. The third-order valence-corrected chi connectivity index (χ3v) is 5.38. The van der Waals surface area contributed by atoms with Crippen molar-refractivity contribution in [3.05, 3.63) is 27.8 Å². The van der Waals surface area contributed by atoms with Crippen LogP contribution in [0.1, 0.15) is 42.0 Å². The summed E-state index contributed by atoms with van der Waals surface area (Å²) < 4.78 is 5.68. The van der Waals surface area contributed by atoms with Gasteiger partial charge >= 0.3 is 0 Å². The van der Waals surface area contributed by atoms with Crippen LogP contribution < -0.4 is 10.5 Å². The normalized spacial score (nSPS) is 25.9. The van der Waals surface area contributed by atoms with Crippen molar-refractivity contribution in [1.82, 2.24) is 4.90 Å². The number of hydrogen-bond donors (Lipinski definition) is 1. The van der Waals surface area contributed by atoms with Gasteiger partial charge in [-0.1, -0.05) is 11.6 Å². The molecule has 0 bridgehead atoms. The standard InChI is InChI=1S/C17H25ClN2O/c1-20-10-11(9-19)7-15(20)16-13-6-4-3-5-12(13)8-14(18)17(16)21-2/h8,11,15H,3-7,9-10,19H2,1-2H3. The van der Waals surface area contributed by atoms with Crippen LogP contribution in [0.25, 0.3) is 0 Å². The zero-order valence-electron chi connectivity index (χ0n) is 13.0. The van der Waals surface area contributed by atoms with Crippen molar-refractivity contribution in [3.63, 3.8) is 0 Å². The van der Waals surface area contributed by atoms with Crippen molar-refractivity contribution in [3.8, 4) is 5.75 Å². The Morgan fingerprint density at radius 2 is 2.14 bits per heavy atom. The molecule has 1 aromatic carbocycles. The van der Waals surface area contributed by atoms with Gasteiger partial charge in [0.2, 0.25) is 0 Å². The number of nitrogens with zero attached hydrogens (tertiary/aromatic N) is 1. The number of halogens is 1. The molecule has 0 radical (unpaired) electrons. The molecular formula is C17H25ClN2O. The smallest absolute Gasteiger partial charge is 0.142 e. The SMILES string of the molecule is COc1c(Cl)cc2c(c1C1CC(CN)CN1C)CCCC2. The lowest BCUT2D eigenvalue weighted by Crippen LogP contribution is -2.22. The summed E-state index contributed by atoms with van der Waals surface area (Å²) in [6, 6.07) is 2.51. The van der Waals surface area contributed by atoms with Gasteiger partial charge in [-0.2, -0.15) is 0 Å². The Kier molecular flexibility index (Phi) is 4.43. The van der Waals surface area contributed by atoms with Crippen LogP contribution in [-0.2, 0) is 12.8 Å². The summed E-state index contributed by atoms with van der Waals surface area (Å²) in [7, 11) is 3.92. The van der Waals surface area contributed by atoms with Crippen LogP contribution in [-0.4, -0.2) is 32.1 Å². The zero-order chi connectivity index (χ0) is 15.0. The van der Waals surface area contributed by atoms with Crippen LogP contribution in [0.4, 0.5) is 0 Å². The molecule has 2 N–H and O–H groups in total. The lowest BCUT2D eigenvalue weighted by Gasteiger charge is -2.29. The molecule has 1 saturated heterocycles. The highest BCUT2D eigenvalue weighted by atomic mass is 35.5. The Labute approximate surface area is 132 Å². The molecule has 0 aromatic heterocycles. The molecule has 3 nitrogen and oxygen atoms in total. The van der Waals surface area contributed by atoms with Crippen LogP contribution in [0, 0.1) is 5.92 Å². The highest BCUT2D eigenvalue weighted by Crippen LogP contribution is 2.46. The second-order valence-electron chi connectivity index (χ2n) is 6.44. The molecule has 1 aliphatic heterocycles. The highest BCUT2D eigenvalue weighted by molar-refractivity contribution is 6.32. The summed E-state index contributed by atoms with van der Waals surface area (Å²) in [5, 5.41) is 0.762. The van der Waals surface area contributed by atoms with Crippen molar-refractivity contribution >= 4 is 11.6 Å². The molecule has 1 aliphatic carbocycles. The summed E-state index contributed by atoms with van der Waals surface area (Å²) in [4.78, 5) is 2.42. The minimum Gasteiger partial charge on any atom is -0.495 e.